The predicted octanol–water partition coefficient (Wildman–Crippen LogP) is 2.40. The molecule has 0 saturated carbocycles. The number of carbonyl (C=O) groups excluding carboxylic acids is 1. The molecule has 1 amide bonds. The molecule has 0 aromatic carbocycles. The number of nitrogens with one attached hydrogen (secondary N) is 2. The number of hydrogen-bond donors (Lipinski definition) is 2. The van der Waals surface area contributed by atoms with Gasteiger partial charge in [-0.1, -0.05) is 13.3 Å². The molecule has 1 heterocycles. The van der Waals surface area contributed by atoms with Crippen molar-refractivity contribution in [2.24, 2.45) is 0 Å². The fraction of sp³-hybridized carbons (Fsp3) is 0.706. The van der Waals surface area contributed by atoms with E-state index < -0.39 is 15.3 Å². The lowest BCUT2D eigenvalue weighted by atomic mass is 10.2. The van der Waals surface area contributed by atoms with E-state index in [0.717, 1.165) is 12.8 Å². The molecule has 0 aliphatic heterocycles. The maximum absolute atomic E-state index is 12.0. The number of nitrogens with zero attached hydrogens (tertiary/aromatic N) is 2. The Balaban J connectivity index is 2.38. The molecule has 1 aromatic heterocycles. The average molecular weight is 387 g/mol. The average Bonchev–Trinajstić information content (AvgIpc) is 2.54. The van der Waals surface area contributed by atoms with Gasteiger partial charge >= 0.3 is 0 Å². The highest BCUT2D eigenvalue weighted by atomic mass is 32.2. The normalized spacial score (nSPS) is 11.6. The number of ether oxygens (including phenoxy) is 1. The summed E-state index contributed by atoms with van der Waals surface area (Å²) in [5, 5.41) is 2.20. The number of aryl methyl sites for hydroxylation is 1. The number of unbranched alkanes of at least 4 members (excludes halogenated alkanes) is 2. The first-order chi connectivity index (χ1) is 12.2. The van der Waals surface area contributed by atoms with Crippen molar-refractivity contribution in [3.63, 3.8) is 0 Å². The molecule has 0 radical (unpaired) electrons. The summed E-state index contributed by atoms with van der Waals surface area (Å²) in [7, 11) is -3.25. The molecule has 1 aromatic rings. The van der Waals surface area contributed by atoms with Gasteiger partial charge in [0.25, 0.3) is 0 Å². The number of rotatable bonds is 12. The minimum absolute atomic E-state index is 0.207. The van der Waals surface area contributed by atoms with Gasteiger partial charge in [0, 0.05) is 24.7 Å². The van der Waals surface area contributed by atoms with Gasteiger partial charge in [-0.3, -0.25) is 10.1 Å². The van der Waals surface area contributed by atoms with Crippen LogP contribution in [0.2, 0.25) is 0 Å². The highest BCUT2D eigenvalue weighted by Crippen LogP contribution is 2.13. The van der Waals surface area contributed by atoms with E-state index in [4.69, 9.17) is 4.74 Å². The van der Waals surface area contributed by atoms with Crippen molar-refractivity contribution in [1.29, 1.82) is 0 Å². The van der Waals surface area contributed by atoms with Crippen LogP contribution in [0.4, 0.5) is 5.95 Å². The van der Waals surface area contributed by atoms with Crippen molar-refractivity contribution in [3.05, 3.63) is 11.8 Å². The molecule has 0 atom stereocenters. The summed E-state index contributed by atoms with van der Waals surface area (Å²) in [6.45, 7) is 8.03. The fourth-order valence-corrected chi connectivity index (χ4v) is 2.73. The summed E-state index contributed by atoms with van der Waals surface area (Å²) in [6.07, 6.45) is 3.39. The van der Waals surface area contributed by atoms with E-state index >= 15 is 0 Å². The summed E-state index contributed by atoms with van der Waals surface area (Å²) >= 11 is 0. The third-order valence-electron chi connectivity index (χ3n) is 3.58. The zero-order chi connectivity index (χ0) is 19.6. The number of hydrogen-bond acceptors (Lipinski definition) is 6. The summed E-state index contributed by atoms with van der Waals surface area (Å²) in [5.41, 5.74) is 0.713. The van der Waals surface area contributed by atoms with Crippen molar-refractivity contribution in [1.82, 2.24) is 14.7 Å². The molecular weight excluding hydrogens is 356 g/mol. The summed E-state index contributed by atoms with van der Waals surface area (Å²) in [5.74, 6) is 0.466. The van der Waals surface area contributed by atoms with Gasteiger partial charge in [-0.05, 0) is 40.0 Å². The molecule has 1 rings (SSSR count). The van der Waals surface area contributed by atoms with Crippen molar-refractivity contribution in [3.8, 4) is 5.88 Å². The van der Waals surface area contributed by atoms with E-state index in [1.807, 2.05) is 6.92 Å². The molecule has 0 spiro atoms. The van der Waals surface area contributed by atoms with Crippen LogP contribution in [-0.2, 0) is 14.8 Å². The highest BCUT2D eigenvalue weighted by molar-refractivity contribution is 7.90. The Morgan fingerprint density at radius 1 is 1.23 bits per heavy atom. The Morgan fingerprint density at radius 3 is 2.62 bits per heavy atom. The van der Waals surface area contributed by atoms with Crippen LogP contribution in [0, 0.1) is 6.92 Å². The van der Waals surface area contributed by atoms with Gasteiger partial charge in [0.05, 0.1) is 11.9 Å². The highest BCUT2D eigenvalue weighted by Gasteiger charge is 2.14. The lowest BCUT2D eigenvalue weighted by Crippen LogP contribution is -2.31. The SMILES string of the molecule is CCCCOc1cc(C)nc(NC(=O)CCCCNS(=O)(=O)C(C)C)n1. The molecule has 0 aliphatic carbocycles. The molecule has 0 unspecified atom stereocenters. The van der Waals surface area contributed by atoms with E-state index in [0.29, 0.717) is 37.6 Å². The molecule has 9 heteroatoms. The van der Waals surface area contributed by atoms with Crippen LogP contribution < -0.4 is 14.8 Å². The number of sulfonamides is 1. The quantitative estimate of drug-likeness (QED) is 0.534. The van der Waals surface area contributed by atoms with Crippen LogP contribution in [-0.4, -0.2) is 42.7 Å². The van der Waals surface area contributed by atoms with Gasteiger partial charge in [0.15, 0.2) is 0 Å². The van der Waals surface area contributed by atoms with Gasteiger partial charge in [0.1, 0.15) is 0 Å². The lowest BCUT2D eigenvalue weighted by molar-refractivity contribution is -0.116. The Labute approximate surface area is 156 Å². The third kappa shape index (κ3) is 8.57. The first-order valence-electron chi connectivity index (χ1n) is 9.01. The first-order valence-corrected chi connectivity index (χ1v) is 10.6. The maximum atomic E-state index is 12.0. The summed E-state index contributed by atoms with van der Waals surface area (Å²) in [6, 6.07) is 1.73. The molecule has 8 nitrogen and oxygen atoms in total. The van der Waals surface area contributed by atoms with Gasteiger partial charge in [0.2, 0.25) is 27.8 Å². The van der Waals surface area contributed by atoms with Crippen molar-refractivity contribution in [2.45, 2.75) is 65.0 Å². The minimum atomic E-state index is -3.25. The zero-order valence-electron chi connectivity index (χ0n) is 16.0. The van der Waals surface area contributed by atoms with Crippen LogP contribution in [0.3, 0.4) is 0 Å². The van der Waals surface area contributed by atoms with Crippen molar-refractivity contribution < 1.29 is 17.9 Å². The Hall–Kier alpha value is -1.74. The van der Waals surface area contributed by atoms with Crippen LogP contribution in [0.15, 0.2) is 6.07 Å². The number of carbonyl (C=O) groups is 1. The summed E-state index contributed by atoms with van der Waals surface area (Å²) in [4.78, 5) is 20.4. The molecular formula is C17H30N4O4S. The second-order valence-corrected chi connectivity index (χ2v) is 8.69. The zero-order valence-corrected chi connectivity index (χ0v) is 16.9. The Morgan fingerprint density at radius 2 is 1.96 bits per heavy atom. The van der Waals surface area contributed by atoms with Crippen LogP contribution in [0.25, 0.3) is 0 Å². The molecule has 26 heavy (non-hydrogen) atoms. The minimum Gasteiger partial charge on any atom is -0.478 e. The number of amides is 1. The van der Waals surface area contributed by atoms with Crippen LogP contribution >= 0.6 is 0 Å². The van der Waals surface area contributed by atoms with Crippen LogP contribution in [0.1, 0.15) is 58.6 Å². The largest absolute Gasteiger partial charge is 0.478 e. The summed E-state index contributed by atoms with van der Waals surface area (Å²) < 4.78 is 31.3. The molecule has 0 fully saturated rings. The molecule has 2 N–H and O–H groups in total. The third-order valence-corrected chi connectivity index (χ3v) is 5.43. The second-order valence-electron chi connectivity index (χ2n) is 6.37. The molecule has 148 valence electrons. The van der Waals surface area contributed by atoms with Gasteiger partial charge < -0.3 is 4.74 Å². The predicted molar refractivity (Wildman–Crippen MR) is 102 cm³/mol. The lowest BCUT2D eigenvalue weighted by Gasteiger charge is -2.10. The standard InChI is InChI=1S/C17H30N4O4S/c1-5-6-11-25-16-12-14(4)19-17(21-16)20-15(22)9-7-8-10-18-26(23,24)13(2)3/h12-13,18H,5-11H2,1-4H3,(H,19,20,21,22). The van der Waals surface area contributed by atoms with Gasteiger partial charge in [-0.25, -0.2) is 18.1 Å². The van der Waals surface area contributed by atoms with E-state index in [1.54, 1.807) is 19.9 Å². The van der Waals surface area contributed by atoms with E-state index in [1.165, 1.54) is 0 Å². The van der Waals surface area contributed by atoms with E-state index in [2.05, 4.69) is 26.9 Å². The topological polar surface area (TPSA) is 110 Å². The van der Waals surface area contributed by atoms with E-state index in [9.17, 15) is 13.2 Å². The Bertz CT molecular complexity index is 677. The monoisotopic (exact) mass is 386 g/mol. The smallest absolute Gasteiger partial charge is 0.232 e. The fourth-order valence-electron chi connectivity index (χ4n) is 1.97. The van der Waals surface area contributed by atoms with Crippen molar-refractivity contribution >= 4 is 21.9 Å². The van der Waals surface area contributed by atoms with Crippen LogP contribution in [0.5, 0.6) is 5.88 Å². The van der Waals surface area contributed by atoms with E-state index in [-0.39, 0.29) is 18.3 Å². The molecule has 0 aliphatic rings. The number of anilines is 1. The van der Waals surface area contributed by atoms with Gasteiger partial charge in [-0.15, -0.1) is 0 Å². The van der Waals surface area contributed by atoms with Crippen molar-refractivity contribution in [2.75, 3.05) is 18.5 Å². The molecule has 0 bridgehead atoms. The van der Waals surface area contributed by atoms with Gasteiger partial charge in [-0.2, -0.15) is 4.98 Å². The Kier molecular flexibility index (Phi) is 9.50. The maximum Gasteiger partial charge on any atom is 0.232 e. The first kappa shape index (κ1) is 22.3. The molecule has 0 saturated heterocycles. The number of aromatic nitrogens is 2. The second kappa shape index (κ2) is 11.1.